The number of benzene rings is 2. The number of nitrogens with zero attached hydrogens (tertiary/aromatic N) is 2. The highest BCUT2D eigenvalue weighted by Crippen LogP contribution is 2.37. The highest BCUT2D eigenvalue weighted by atomic mass is 35.5. The Kier molecular flexibility index (Phi) is 4.81. The van der Waals surface area contributed by atoms with Crippen LogP contribution in [-0.4, -0.2) is 22.0 Å². The maximum absolute atomic E-state index is 13.1. The van der Waals surface area contributed by atoms with Crippen LogP contribution in [0.1, 0.15) is 17.3 Å². The van der Waals surface area contributed by atoms with Crippen LogP contribution < -0.4 is 5.32 Å². The van der Waals surface area contributed by atoms with E-state index in [1.807, 2.05) is 24.4 Å². The second kappa shape index (κ2) is 7.25. The maximum atomic E-state index is 13.1. The van der Waals surface area contributed by atoms with Crippen LogP contribution in [0.15, 0.2) is 60.8 Å². The van der Waals surface area contributed by atoms with Crippen LogP contribution in [0.25, 0.3) is 0 Å². The van der Waals surface area contributed by atoms with Crippen molar-refractivity contribution >= 4 is 34.9 Å². The summed E-state index contributed by atoms with van der Waals surface area (Å²) in [5.41, 5.74) is 2.30. The maximum Gasteiger partial charge on any atom is 0.322 e. The molecule has 2 aromatic carbocycles. The topological polar surface area (TPSA) is 37.3 Å². The second-order valence-electron chi connectivity index (χ2n) is 6.33. The third-order valence-electron chi connectivity index (χ3n) is 4.65. The Morgan fingerprint density at radius 2 is 1.85 bits per heavy atom. The fourth-order valence-electron chi connectivity index (χ4n) is 3.38. The summed E-state index contributed by atoms with van der Waals surface area (Å²) in [7, 11) is 0. The van der Waals surface area contributed by atoms with Gasteiger partial charge in [-0.2, -0.15) is 0 Å². The number of aromatic nitrogens is 1. The lowest BCUT2D eigenvalue weighted by Crippen LogP contribution is -2.44. The van der Waals surface area contributed by atoms with Gasteiger partial charge in [0.25, 0.3) is 0 Å². The molecule has 0 saturated heterocycles. The quantitative estimate of drug-likeness (QED) is 0.596. The summed E-state index contributed by atoms with van der Waals surface area (Å²) in [5.74, 6) is -0.352. The number of anilines is 1. The van der Waals surface area contributed by atoms with E-state index in [4.69, 9.17) is 23.2 Å². The van der Waals surface area contributed by atoms with Gasteiger partial charge >= 0.3 is 6.03 Å². The highest BCUT2D eigenvalue weighted by Gasteiger charge is 2.33. The standard InChI is InChI=1S/C20H16Cl2FN3O/c21-13-3-8-16(17(22)12-13)19-18-2-1-9-25(18)10-11-26(19)20(27)24-15-6-4-14(23)5-7-15/h1-9,12,19H,10-11H2,(H,24,27)/t19-/m0/s1. The zero-order valence-electron chi connectivity index (χ0n) is 14.2. The van der Waals surface area contributed by atoms with Crippen LogP contribution in [0, 0.1) is 5.82 Å². The van der Waals surface area contributed by atoms with E-state index in [1.54, 1.807) is 17.0 Å². The number of amides is 2. The molecular weight excluding hydrogens is 388 g/mol. The molecule has 4 nitrogen and oxygen atoms in total. The van der Waals surface area contributed by atoms with Gasteiger partial charge in [0.1, 0.15) is 11.9 Å². The van der Waals surface area contributed by atoms with Crippen molar-refractivity contribution < 1.29 is 9.18 Å². The molecule has 4 rings (SSSR count). The monoisotopic (exact) mass is 403 g/mol. The fourth-order valence-corrected chi connectivity index (χ4v) is 3.89. The average molecular weight is 404 g/mol. The molecule has 7 heteroatoms. The first-order valence-electron chi connectivity index (χ1n) is 8.46. The molecule has 0 spiro atoms. The lowest BCUT2D eigenvalue weighted by molar-refractivity contribution is 0.182. The van der Waals surface area contributed by atoms with E-state index in [1.165, 1.54) is 24.3 Å². The largest absolute Gasteiger partial charge is 0.348 e. The minimum Gasteiger partial charge on any atom is -0.348 e. The molecule has 138 valence electrons. The van der Waals surface area contributed by atoms with E-state index in [2.05, 4.69) is 9.88 Å². The molecule has 0 aliphatic carbocycles. The van der Waals surface area contributed by atoms with Crippen molar-refractivity contribution in [2.75, 3.05) is 11.9 Å². The summed E-state index contributed by atoms with van der Waals surface area (Å²) in [6, 6.07) is 14.3. The van der Waals surface area contributed by atoms with Crippen molar-refractivity contribution in [1.82, 2.24) is 9.47 Å². The minimum absolute atomic E-state index is 0.273. The first-order chi connectivity index (χ1) is 13.0. The molecule has 3 aromatic rings. The summed E-state index contributed by atoms with van der Waals surface area (Å²) < 4.78 is 15.2. The van der Waals surface area contributed by atoms with Crippen LogP contribution in [0.4, 0.5) is 14.9 Å². The first kappa shape index (κ1) is 17.9. The number of fused-ring (bicyclic) bond motifs is 1. The van der Waals surface area contributed by atoms with Crippen molar-refractivity contribution in [1.29, 1.82) is 0 Å². The van der Waals surface area contributed by atoms with Crippen molar-refractivity contribution in [3.05, 3.63) is 87.9 Å². The third kappa shape index (κ3) is 3.53. The molecule has 0 unspecified atom stereocenters. The van der Waals surface area contributed by atoms with Gasteiger partial charge in [0.05, 0.1) is 0 Å². The van der Waals surface area contributed by atoms with Gasteiger partial charge in [-0.05, 0) is 54.1 Å². The van der Waals surface area contributed by atoms with E-state index in [9.17, 15) is 9.18 Å². The zero-order chi connectivity index (χ0) is 19.0. The number of halogens is 3. The number of hydrogen-bond donors (Lipinski definition) is 1. The first-order valence-corrected chi connectivity index (χ1v) is 9.22. The normalized spacial score (nSPS) is 16.1. The molecule has 2 heterocycles. The van der Waals surface area contributed by atoms with Gasteiger partial charge < -0.3 is 14.8 Å². The molecule has 1 atom stereocenters. The molecule has 0 fully saturated rings. The molecule has 0 saturated carbocycles. The van der Waals surface area contributed by atoms with Gasteiger partial charge in [0, 0.05) is 40.7 Å². The summed E-state index contributed by atoms with van der Waals surface area (Å²) in [4.78, 5) is 14.7. The molecule has 1 aliphatic rings. The molecule has 27 heavy (non-hydrogen) atoms. The second-order valence-corrected chi connectivity index (χ2v) is 7.17. The highest BCUT2D eigenvalue weighted by molar-refractivity contribution is 6.35. The number of urea groups is 1. The van der Waals surface area contributed by atoms with Gasteiger partial charge in [0.2, 0.25) is 0 Å². The average Bonchev–Trinajstić information content (AvgIpc) is 3.12. The third-order valence-corrected chi connectivity index (χ3v) is 5.21. The summed E-state index contributed by atoms with van der Waals surface area (Å²) in [6.45, 7) is 1.19. The van der Waals surface area contributed by atoms with E-state index in [0.717, 1.165) is 11.3 Å². The summed E-state index contributed by atoms with van der Waals surface area (Å²) >= 11 is 12.5. The van der Waals surface area contributed by atoms with Gasteiger partial charge in [-0.15, -0.1) is 0 Å². The number of carbonyl (C=O) groups excluding carboxylic acids is 1. The molecule has 2 amide bonds. The van der Waals surface area contributed by atoms with Crippen LogP contribution in [0.2, 0.25) is 10.0 Å². The Morgan fingerprint density at radius 1 is 1.07 bits per heavy atom. The fraction of sp³-hybridized carbons (Fsp3) is 0.150. The molecule has 1 aliphatic heterocycles. The predicted octanol–water partition coefficient (Wildman–Crippen LogP) is 5.57. The van der Waals surface area contributed by atoms with E-state index in [0.29, 0.717) is 28.8 Å². The lowest BCUT2D eigenvalue weighted by Gasteiger charge is -2.37. The number of nitrogens with one attached hydrogen (secondary N) is 1. The van der Waals surface area contributed by atoms with Gasteiger partial charge in [-0.3, -0.25) is 0 Å². The Morgan fingerprint density at radius 3 is 2.59 bits per heavy atom. The summed E-state index contributed by atoms with van der Waals surface area (Å²) in [5, 5.41) is 3.88. The van der Waals surface area contributed by atoms with Crippen molar-refractivity contribution in [2.45, 2.75) is 12.6 Å². The van der Waals surface area contributed by atoms with Crippen LogP contribution in [0.3, 0.4) is 0 Å². The van der Waals surface area contributed by atoms with E-state index in [-0.39, 0.29) is 17.9 Å². The van der Waals surface area contributed by atoms with E-state index < -0.39 is 0 Å². The predicted molar refractivity (Wildman–Crippen MR) is 105 cm³/mol. The van der Waals surface area contributed by atoms with Crippen LogP contribution in [0.5, 0.6) is 0 Å². The Labute approximate surface area is 166 Å². The van der Waals surface area contributed by atoms with Crippen molar-refractivity contribution in [3.63, 3.8) is 0 Å². The Hall–Kier alpha value is -2.50. The summed E-state index contributed by atoms with van der Waals surface area (Å²) in [6.07, 6.45) is 1.99. The number of carbonyl (C=O) groups is 1. The van der Waals surface area contributed by atoms with Crippen LogP contribution >= 0.6 is 23.2 Å². The molecule has 1 N–H and O–H groups in total. The molecule has 0 radical (unpaired) electrons. The molecular formula is C20H16Cl2FN3O. The smallest absolute Gasteiger partial charge is 0.322 e. The molecule has 0 bridgehead atoms. The van der Waals surface area contributed by atoms with E-state index >= 15 is 0 Å². The number of hydrogen-bond acceptors (Lipinski definition) is 1. The lowest BCUT2D eigenvalue weighted by atomic mass is 10.00. The number of rotatable bonds is 2. The molecule has 1 aromatic heterocycles. The van der Waals surface area contributed by atoms with Gasteiger partial charge in [0.15, 0.2) is 0 Å². The van der Waals surface area contributed by atoms with Crippen molar-refractivity contribution in [3.8, 4) is 0 Å². The van der Waals surface area contributed by atoms with Gasteiger partial charge in [-0.25, -0.2) is 9.18 Å². The Balaban J connectivity index is 1.70. The zero-order valence-corrected chi connectivity index (χ0v) is 15.7. The SMILES string of the molecule is O=C(Nc1ccc(F)cc1)N1CCn2cccc2[C@@H]1c1ccc(Cl)cc1Cl. The van der Waals surface area contributed by atoms with Gasteiger partial charge in [-0.1, -0.05) is 29.3 Å². The Bertz CT molecular complexity index is 987. The van der Waals surface area contributed by atoms with Crippen molar-refractivity contribution in [2.24, 2.45) is 0 Å². The van der Waals surface area contributed by atoms with Crippen LogP contribution in [-0.2, 0) is 6.54 Å². The minimum atomic E-state index is -0.352.